The zero-order valence-corrected chi connectivity index (χ0v) is 17.0. The fourth-order valence-corrected chi connectivity index (χ4v) is 4.81. The number of nitrogen functional groups attached to an aromatic ring is 1. The number of imidazole rings is 1. The average molecular weight is 424 g/mol. The summed E-state index contributed by atoms with van der Waals surface area (Å²) in [4.78, 5) is 8.20. The summed E-state index contributed by atoms with van der Waals surface area (Å²) in [6.45, 7) is 2.31. The number of hydrogen-bond acceptors (Lipinski definition) is 5. The Labute approximate surface area is 173 Å². The number of pyridine rings is 1. The third-order valence-corrected chi connectivity index (χ3v) is 6.36. The van der Waals surface area contributed by atoms with Gasteiger partial charge in [0.1, 0.15) is 11.9 Å². The molecule has 3 aliphatic carbocycles. The first-order valence-corrected chi connectivity index (χ1v) is 10.4. The van der Waals surface area contributed by atoms with Gasteiger partial charge in [-0.25, -0.2) is 9.97 Å². The standard InChI is InChI=1S/C21H27F3N4O2/c1-13(29)19-27-16(15-7-17(18(25)26-11-15)30-21(22,23)24)12-28(19)6-4-2-3-5-20-8-14(9-20)10-20/h7,11-14,29H,2-6,8-10H2,1H3,(H2,25,26). The van der Waals surface area contributed by atoms with Crippen LogP contribution in [0, 0.1) is 11.3 Å². The molecule has 30 heavy (non-hydrogen) atoms. The molecule has 0 spiro atoms. The van der Waals surface area contributed by atoms with E-state index in [0.717, 1.165) is 24.8 Å². The summed E-state index contributed by atoms with van der Waals surface area (Å²) in [5.41, 5.74) is 6.92. The summed E-state index contributed by atoms with van der Waals surface area (Å²) in [5.74, 6) is 0.559. The molecule has 0 aromatic carbocycles. The van der Waals surface area contributed by atoms with Gasteiger partial charge < -0.3 is 20.1 Å². The lowest BCUT2D eigenvalue weighted by Gasteiger charge is -2.62. The largest absolute Gasteiger partial charge is 0.573 e. The van der Waals surface area contributed by atoms with Crippen LogP contribution < -0.4 is 10.5 Å². The lowest BCUT2D eigenvalue weighted by atomic mass is 9.43. The Bertz CT molecular complexity index is 893. The van der Waals surface area contributed by atoms with Crippen LogP contribution in [0.5, 0.6) is 5.75 Å². The van der Waals surface area contributed by atoms with Crippen molar-refractivity contribution in [2.24, 2.45) is 11.3 Å². The highest BCUT2D eigenvalue weighted by Gasteiger charge is 2.55. The molecule has 0 radical (unpaired) electrons. The molecule has 3 aliphatic rings. The van der Waals surface area contributed by atoms with Gasteiger partial charge in [0.05, 0.1) is 5.69 Å². The average Bonchev–Trinajstić information content (AvgIpc) is 3.00. The predicted octanol–water partition coefficient (Wildman–Crippen LogP) is 4.84. The molecule has 2 aromatic heterocycles. The normalized spacial score (nSPS) is 23.6. The van der Waals surface area contributed by atoms with Gasteiger partial charge in [0.25, 0.3) is 0 Å². The van der Waals surface area contributed by atoms with Gasteiger partial charge in [-0.15, -0.1) is 13.2 Å². The van der Waals surface area contributed by atoms with Crippen LogP contribution in [0.4, 0.5) is 19.0 Å². The summed E-state index contributed by atoms with van der Waals surface area (Å²) < 4.78 is 43.5. The first kappa shape index (κ1) is 21.0. The molecule has 164 valence electrons. The van der Waals surface area contributed by atoms with E-state index in [2.05, 4.69) is 14.7 Å². The Morgan fingerprint density at radius 1 is 1.30 bits per heavy atom. The van der Waals surface area contributed by atoms with Gasteiger partial charge in [0, 0.05) is 24.5 Å². The number of ether oxygens (including phenoxy) is 1. The SMILES string of the molecule is CC(O)c1nc(-c2cnc(N)c(OC(F)(F)F)c2)cn1CCCCCC12CC(C1)C2. The van der Waals surface area contributed by atoms with E-state index in [1.165, 1.54) is 38.3 Å². The summed E-state index contributed by atoms with van der Waals surface area (Å²) in [6, 6.07) is 1.16. The Morgan fingerprint density at radius 3 is 2.63 bits per heavy atom. The maximum Gasteiger partial charge on any atom is 0.573 e. The minimum Gasteiger partial charge on any atom is -0.402 e. The molecule has 3 saturated carbocycles. The van der Waals surface area contributed by atoms with E-state index in [4.69, 9.17) is 5.73 Å². The van der Waals surface area contributed by atoms with Crippen molar-refractivity contribution in [3.63, 3.8) is 0 Å². The van der Waals surface area contributed by atoms with Crippen molar-refractivity contribution in [2.75, 3.05) is 5.73 Å². The number of hydrogen-bond donors (Lipinski definition) is 2. The number of aliphatic hydroxyl groups is 1. The number of alkyl halides is 3. The lowest BCUT2D eigenvalue weighted by molar-refractivity contribution is -0.274. The van der Waals surface area contributed by atoms with Crippen LogP contribution in [0.15, 0.2) is 18.5 Å². The van der Waals surface area contributed by atoms with Crippen LogP contribution in [0.2, 0.25) is 0 Å². The molecule has 0 amide bonds. The van der Waals surface area contributed by atoms with Gasteiger partial charge in [-0.05, 0) is 56.4 Å². The van der Waals surface area contributed by atoms with E-state index in [-0.39, 0.29) is 5.82 Å². The zero-order chi connectivity index (χ0) is 21.5. The van der Waals surface area contributed by atoms with E-state index < -0.39 is 18.2 Å². The van der Waals surface area contributed by atoms with E-state index in [1.807, 2.05) is 4.57 Å². The third-order valence-electron chi connectivity index (χ3n) is 6.36. The quantitative estimate of drug-likeness (QED) is 0.563. The molecular weight excluding hydrogens is 397 g/mol. The molecule has 2 heterocycles. The maximum absolute atomic E-state index is 12.6. The van der Waals surface area contributed by atoms with Gasteiger partial charge in [-0.2, -0.15) is 0 Å². The van der Waals surface area contributed by atoms with Crippen molar-refractivity contribution < 1.29 is 23.0 Å². The number of aliphatic hydroxyl groups excluding tert-OH is 1. The number of rotatable bonds is 9. The minimum atomic E-state index is -4.86. The fraction of sp³-hybridized carbons (Fsp3) is 0.619. The summed E-state index contributed by atoms with van der Waals surface area (Å²) in [6.07, 6.45) is 6.24. The van der Waals surface area contributed by atoms with E-state index in [9.17, 15) is 18.3 Å². The minimum absolute atomic E-state index is 0.340. The Balaban J connectivity index is 1.41. The predicted molar refractivity (Wildman–Crippen MR) is 105 cm³/mol. The van der Waals surface area contributed by atoms with Crippen molar-refractivity contribution in [1.29, 1.82) is 0 Å². The van der Waals surface area contributed by atoms with Gasteiger partial charge >= 0.3 is 6.36 Å². The smallest absolute Gasteiger partial charge is 0.402 e. The van der Waals surface area contributed by atoms with Gasteiger partial charge in [-0.1, -0.05) is 12.8 Å². The second-order valence-corrected chi connectivity index (χ2v) is 8.80. The number of halogens is 3. The molecule has 5 rings (SSSR count). The molecule has 3 N–H and O–H groups in total. The van der Waals surface area contributed by atoms with Crippen LogP contribution in [-0.4, -0.2) is 26.0 Å². The molecule has 6 nitrogen and oxygen atoms in total. The first-order valence-electron chi connectivity index (χ1n) is 10.4. The van der Waals surface area contributed by atoms with Crippen molar-refractivity contribution in [3.8, 4) is 17.0 Å². The van der Waals surface area contributed by atoms with Crippen molar-refractivity contribution >= 4 is 5.82 Å². The van der Waals surface area contributed by atoms with Crippen LogP contribution in [-0.2, 0) is 6.54 Å². The fourth-order valence-electron chi connectivity index (χ4n) is 4.81. The molecule has 0 aliphatic heterocycles. The van der Waals surface area contributed by atoms with Gasteiger partial charge in [0.15, 0.2) is 11.6 Å². The van der Waals surface area contributed by atoms with Crippen LogP contribution in [0.25, 0.3) is 11.3 Å². The first-order chi connectivity index (χ1) is 14.1. The van der Waals surface area contributed by atoms with E-state index in [1.54, 1.807) is 13.1 Å². The second-order valence-electron chi connectivity index (χ2n) is 8.80. The van der Waals surface area contributed by atoms with Gasteiger partial charge in [-0.3, -0.25) is 0 Å². The number of unbranched alkanes of at least 4 members (excludes halogenated alkanes) is 2. The molecule has 2 aromatic rings. The summed E-state index contributed by atoms with van der Waals surface area (Å²) >= 11 is 0. The molecule has 2 bridgehead atoms. The highest BCUT2D eigenvalue weighted by atomic mass is 19.4. The van der Waals surface area contributed by atoms with E-state index >= 15 is 0 Å². The van der Waals surface area contributed by atoms with E-state index in [0.29, 0.717) is 29.0 Å². The maximum atomic E-state index is 12.6. The summed E-state index contributed by atoms with van der Waals surface area (Å²) in [7, 11) is 0. The number of nitrogens with zero attached hydrogens (tertiary/aromatic N) is 3. The Kier molecular flexibility index (Phi) is 5.42. The van der Waals surface area contributed by atoms with Crippen molar-refractivity contribution in [1.82, 2.24) is 14.5 Å². The van der Waals surface area contributed by atoms with Gasteiger partial charge in [0.2, 0.25) is 0 Å². The zero-order valence-electron chi connectivity index (χ0n) is 17.0. The van der Waals surface area contributed by atoms with Crippen LogP contribution >= 0.6 is 0 Å². The number of aromatic nitrogens is 3. The second kappa shape index (κ2) is 7.76. The molecular formula is C21H27F3N4O2. The van der Waals surface area contributed by atoms with Crippen molar-refractivity contribution in [2.45, 2.75) is 70.9 Å². The summed E-state index contributed by atoms with van der Waals surface area (Å²) in [5, 5.41) is 10.1. The molecule has 0 saturated heterocycles. The number of aryl methyl sites for hydroxylation is 1. The molecule has 1 atom stereocenters. The van der Waals surface area contributed by atoms with Crippen molar-refractivity contribution in [3.05, 3.63) is 24.3 Å². The molecule has 3 fully saturated rings. The topological polar surface area (TPSA) is 86.2 Å². The highest BCUT2D eigenvalue weighted by molar-refractivity contribution is 5.63. The third kappa shape index (κ3) is 4.40. The van der Waals surface area contributed by atoms with Crippen LogP contribution in [0.1, 0.15) is 63.8 Å². The Morgan fingerprint density at radius 2 is 2.03 bits per heavy atom. The Hall–Kier alpha value is -2.29. The monoisotopic (exact) mass is 424 g/mol. The number of nitrogens with two attached hydrogens (primary N) is 1. The molecule has 1 unspecified atom stereocenters. The lowest BCUT2D eigenvalue weighted by Crippen LogP contribution is -2.51. The molecule has 9 heteroatoms. The highest BCUT2D eigenvalue weighted by Crippen LogP contribution is 2.66. The number of anilines is 1. The van der Waals surface area contributed by atoms with Crippen LogP contribution in [0.3, 0.4) is 0 Å².